The first-order chi connectivity index (χ1) is 4.38. The molecule has 10 heavy (non-hydrogen) atoms. The third-order valence-corrected chi connectivity index (χ3v) is 1.58. The monoisotopic (exact) mass is 148 g/mol. The van der Waals surface area contributed by atoms with Crippen molar-refractivity contribution in [2.24, 2.45) is 0 Å². The van der Waals surface area contributed by atoms with Crippen LogP contribution in [0.25, 0.3) is 0 Å². The highest BCUT2D eigenvalue weighted by Crippen LogP contribution is 2.27. The topological polar surface area (TPSA) is 87.0 Å². The van der Waals surface area contributed by atoms with Crippen LogP contribution in [-0.4, -0.2) is 39.3 Å². The fraction of sp³-hybridized carbons (Fsp3) is 0.800. The van der Waals surface area contributed by atoms with Gasteiger partial charge < -0.3 is 20.1 Å². The average molecular weight is 148 g/mol. The van der Waals surface area contributed by atoms with E-state index >= 15 is 0 Å². The quantitative estimate of drug-likeness (QED) is 0.272. The second-order valence-electron chi connectivity index (χ2n) is 2.46. The zero-order valence-corrected chi connectivity index (χ0v) is 5.37. The van der Waals surface area contributed by atoms with E-state index in [2.05, 4.69) is 4.74 Å². The number of rotatable bonds is 0. The van der Waals surface area contributed by atoms with Crippen LogP contribution in [0.4, 0.5) is 0 Å². The molecule has 1 heterocycles. The molecule has 1 aliphatic heterocycles. The number of carbonyl (C=O) groups excluding carboxylic acids is 1. The Balaban J connectivity index is 2.95. The first-order valence-electron chi connectivity index (χ1n) is 2.72. The summed E-state index contributed by atoms with van der Waals surface area (Å²) in [5.41, 5.74) is -2.20. The van der Waals surface area contributed by atoms with Crippen molar-refractivity contribution in [3.05, 3.63) is 0 Å². The Labute approximate surface area is 56.9 Å². The molecule has 1 rings (SSSR count). The summed E-state index contributed by atoms with van der Waals surface area (Å²) < 4.78 is 4.19. The lowest BCUT2D eigenvalue weighted by atomic mass is 9.99. The third kappa shape index (κ3) is 0.716. The van der Waals surface area contributed by atoms with E-state index in [1.807, 2.05) is 0 Å². The molecule has 0 saturated carbocycles. The van der Waals surface area contributed by atoms with Gasteiger partial charge in [-0.05, 0) is 6.92 Å². The van der Waals surface area contributed by atoms with Crippen molar-refractivity contribution in [1.29, 1.82) is 0 Å². The number of hydrogen-bond acceptors (Lipinski definition) is 5. The number of ether oxygens (including phenoxy) is 1. The van der Waals surface area contributed by atoms with Gasteiger partial charge in [0.05, 0.1) is 0 Å². The van der Waals surface area contributed by atoms with Crippen molar-refractivity contribution < 1.29 is 24.9 Å². The van der Waals surface area contributed by atoms with Gasteiger partial charge in [0.2, 0.25) is 11.4 Å². The minimum atomic E-state index is -2.45. The van der Waals surface area contributed by atoms with Crippen molar-refractivity contribution in [3.63, 3.8) is 0 Å². The zero-order chi connectivity index (χ0) is 7.99. The summed E-state index contributed by atoms with van der Waals surface area (Å²) in [6.45, 7) is 0.404. The molecule has 0 aromatic heterocycles. The number of aliphatic hydroxyl groups is 3. The Bertz CT molecular complexity index is 171. The molecule has 0 bridgehead atoms. The van der Waals surface area contributed by atoms with E-state index in [1.54, 1.807) is 0 Å². The van der Waals surface area contributed by atoms with E-state index in [-0.39, 0.29) is 0 Å². The van der Waals surface area contributed by atoms with Crippen LogP contribution in [-0.2, 0) is 9.53 Å². The number of carbonyl (C=O) groups is 1. The number of hydrogen-bond donors (Lipinski definition) is 3. The molecule has 0 aliphatic carbocycles. The molecule has 1 atom stereocenters. The Morgan fingerprint density at radius 2 is 2.00 bits per heavy atom. The molecule has 0 amide bonds. The summed E-state index contributed by atoms with van der Waals surface area (Å²) in [6.07, 6.45) is 0. The Morgan fingerprint density at radius 3 is 2.10 bits per heavy atom. The summed E-state index contributed by atoms with van der Waals surface area (Å²) in [5, 5.41) is 26.7. The van der Waals surface area contributed by atoms with Gasteiger partial charge in [0.25, 0.3) is 0 Å². The largest absolute Gasteiger partial charge is 0.458 e. The molecule has 5 nitrogen and oxygen atoms in total. The highest BCUT2D eigenvalue weighted by Gasteiger charge is 2.58. The van der Waals surface area contributed by atoms with Crippen molar-refractivity contribution >= 4 is 5.97 Å². The first kappa shape index (κ1) is 7.46. The van der Waals surface area contributed by atoms with Gasteiger partial charge in [-0.25, -0.2) is 4.79 Å². The van der Waals surface area contributed by atoms with E-state index in [1.165, 1.54) is 0 Å². The molecule has 1 fully saturated rings. The van der Waals surface area contributed by atoms with Crippen LogP contribution in [0, 0.1) is 0 Å². The second kappa shape index (κ2) is 1.69. The van der Waals surface area contributed by atoms with E-state index in [9.17, 15) is 4.79 Å². The van der Waals surface area contributed by atoms with Gasteiger partial charge in [-0.3, -0.25) is 0 Å². The lowest BCUT2D eigenvalue weighted by molar-refractivity contribution is -0.239. The van der Waals surface area contributed by atoms with Crippen molar-refractivity contribution in [2.45, 2.75) is 18.3 Å². The van der Waals surface area contributed by atoms with E-state index in [4.69, 9.17) is 15.3 Å². The van der Waals surface area contributed by atoms with E-state index in [0.717, 1.165) is 6.92 Å². The van der Waals surface area contributed by atoms with Crippen LogP contribution >= 0.6 is 0 Å². The van der Waals surface area contributed by atoms with Gasteiger partial charge in [-0.2, -0.15) is 0 Å². The van der Waals surface area contributed by atoms with Crippen LogP contribution in [0.15, 0.2) is 0 Å². The van der Waals surface area contributed by atoms with Crippen LogP contribution in [0.3, 0.4) is 0 Å². The smallest absolute Gasteiger partial charge is 0.343 e. The maximum atomic E-state index is 10.5. The lowest BCUT2D eigenvalue weighted by Crippen LogP contribution is -2.52. The summed E-state index contributed by atoms with van der Waals surface area (Å²) in [5.74, 6) is -3.47. The zero-order valence-electron chi connectivity index (χ0n) is 5.37. The third-order valence-electron chi connectivity index (χ3n) is 1.58. The van der Waals surface area contributed by atoms with Gasteiger partial charge in [-0.1, -0.05) is 0 Å². The minimum absolute atomic E-state index is 0.584. The molecule has 0 aromatic carbocycles. The summed E-state index contributed by atoms with van der Waals surface area (Å²) >= 11 is 0. The van der Waals surface area contributed by atoms with Gasteiger partial charge >= 0.3 is 5.97 Å². The van der Waals surface area contributed by atoms with Gasteiger partial charge in [0.15, 0.2) is 0 Å². The maximum Gasteiger partial charge on any atom is 0.343 e. The molecule has 0 aromatic rings. The van der Waals surface area contributed by atoms with Gasteiger partial charge in [0.1, 0.15) is 6.61 Å². The molecule has 0 radical (unpaired) electrons. The standard InChI is InChI=1S/C5H8O5/c1-4(7)3(6)10-2-5(4,8)9/h7-9H,2H2,1H3. The Morgan fingerprint density at radius 1 is 1.50 bits per heavy atom. The predicted molar refractivity (Wildman–Crippen MR) is 28.8 cm³/mol. The molecule has 3 N–H and O–H groups in total. The van der Waals surface area contributed by atoms with Crippen LogP contribution < -0.4 is 0 Å². The second-order valence-corrected chi connectivity index (χ2v) is 2.46. The normalized spacial score (nSPS) is 37.8. The predicted octanol–water partition coefficient (Wildman–Crippen LogP) is -2.02. The number of esters is 1. The molecule has 58 valence electrons. The van der Waals surface area contributed by atoms with E-state index in [0.29, 0.717) is 0 Å². The number of cyclic esters (lactones) is 1. The maximum absolute atomic E-state index is 10.5. The average Bonchev–Trinajstić information content (AvgIpc) is 1.94. The van der Waals surface area contributed by atoms with E-state index < -0.39 is 24.0 Å². The van der Waals surface area contributed by atoms with Crippen LogP contribution in [0.2, 0.25) is 0 Å². The van der Waals surface area contributed by atoms with Crippen LogP contribution in [0.1, 0.15) is 6.92 Å². The van der Waals surface area contributed by atoms with Crippen molar-refractivity contribution in [1.82, 2.24) is 0 Å². The molecule has 1 unspecified atom stereocenters. The molecule has 1 aliphatic rings. The summed E-state index contributed by atoms with van der Waals surface area (Å²) in [4.78, 5) is 10.5. The molecule has 1 saturated heterocycles. The SMILES string of the molecule is CC1(O)C(=O)OCC1(O)O. The van der Waals surface area contributed by atoms with Crippen molar-refractivity contribution in [3.8, 4) is 0 Å². The summed E-state index contributed by atoms with van der Waals surface area (Å²) in [6, 6.07) is 0. The fourth-order valence-corrected chi connectivity index (χ4v) is 0.611. The highest BCUT2D eigenvalue weighted by atomic mass is 16.6. The Kier molecular flexibility index (Phi) is 1.26. The van der Waals surface area contributed by atoms with Gasteiger partial charge in [-0.15, -0.1) is 0 Å². The lowest BCUT2D eigenvalue weighted by Gasteiger charge is -2.23. The Hall–Kier alpha value is -0.650. The fourth-order valence-electron chi connectivity index (χ4n) is 0.611. The first-order valence-corrected chi connectivity index (χ1v) is 2.72. The molecule has 0 spiro atoms. The van der Waals surface area contributed by atoms with Crippen LogP contribution in [0.5, 0.6) is 0 Å². The van der Waals surface area contributed by atoms with Gasteiger partial charge in [0, 0.05) is 0 Å². The molecule has 5 heteroatoms. The minimum Gasteiger partial charge on any atom is -0.458 e. The highest BCUT2D eigenvalue weighted by molar-refractivity contribution is 5.82. The molecular weight excluding hydrogens is 140 g/mol. The summed E-state index contributed by atoms with van der Waals surface area (Å²) in [7, 11) is 0. The van der Waals surface area contributed by atoms with Crippen molar-refractivity contribution in [2.75, 3.05) is 6.61 Å². The molecular formula is C5H8O5.